The number of halogens is 2. The minimum absolute atomic E-state index is 0.0154. The van der Waals surface area contributed by atoms with Gasteiger partial charge in [0.1, 0.15) is 6.10 Å². The van der Waals surface area contributed by atoms with Crippen LogP contribution in [0.3, 0.4) is 0 Å². The molecule has 0 saturated heterocycles. The van der Waals surface area contributed by atoms with E-state index in [0.717, 1.165) is 31.7 Å². The molecule has 1 fully saturated rings. The molecule has 1 aliphatic rings. The van der Waals surface area contributed by atoms with Gasteiger partial charge in [0.05, 0.1) is 12.7 Å². The standard InChI is InChI=1S/C16H22F2O2/c1-2-11-5-3-6-12(9-11)20-10-15(19)13-7-4-8-14(17)16(13)18/h4,7-8,11-12,15,19H,2-3,5-6,9-10H2,1H3. The molecule has 0 radical (unpaired) electrons. The van der Waals surface area contributed by atoms with Gasteiger partial charge in [-0.25, -0.2) is 8.78 Å². The average molecular weight is 284 g/mol. The first-order valence-electron chi connectivity index (χ1n) is 7.35. The summed E-state index contributed by atoms with van der Waals surface area (Å²) in [5.74, 6) is -1.25. The third-order valence-corrected chi connectivity index (χ3v) is 4.14. The summed E-state index contributed by atoms with van der Waals surface area (Å²) < 4.78 is 32.3. The Kier molecular flexibility index (Phi) is 5.49. The van der Waals surface area contributed by atoms with Gasteiger partial charge in [-0.2, -0.15) is 0 Å². The summed E-state index contributed by atoms with van der Waals surface area (Å²) in [6.07, 6.45) is 4.49. The molecule has 0 aromatic heterocycles. The van der Waals surface area contributed by atoms with Gasteiger partial charge in [-0.15, -0.1) is 0 Å². The lowest BCUT2D eigenvalue weighted by Crippen LogP contribution is -2.25. The minimum Gasteiger partial charge on any atom is -0.386 e. The molecule has 3 atom stereocenters. The lowest BCUT2D eigenvalue weighted by Gasteiger charge is -2.29. The maximum Gasteiger partial charge on any atom is 0.164 e. The van der Waals surface area contributed by atoms with E-state index in [0.29, 0.717) is 5.92 Å². The predicted octanol–water partition coefficient (Wildman–Crippen LogP) is 3.98. The van der Waals surface area contributed by atoms with Gasteiger partial charge >= 0.3 is 0 Å². The number of aliphatic hydroxyl groups excluding tert-OH is 1. The lowest BCUT2D eigenvalue weighted by molar-refractivity contribution is -0.0349. The van der Waals surface area contributed by atoms with Crippen LogP contribution in [0.4, 0.5) is 8.78 Å². The fourth-order valence-electron chi connectivity index (χ4n) is 2.86. The van der Waals surface area contributed by atoms with Gasteiger partial charge in [-0.3, -0.25) is 0 Å². The van der Waals surface area contributed by atoms with Crippen LogP contribution in [0, 0.1) is 17.6 Å². The van der Waals surface area contributed by atoms with Crippen molar-refractivity contribution in [2.24, 2.45) is 5.92 Å². The number of benzene rings is 1. The van der Waals surface area contributed by atoms with Crippen LogP contribution in [0.5, 0.6) is 0 Å². The van der Waals surface area contributed by atoms with Crippen molar-refractivity contribution in [1.29, 1.82) is 0 Å². The van der Waals surface area contributed by atoms with Gasteiger partial charge in [0.25, 0.3) is 0 Å². The summed E-state index contributed by atoms with van der Waals surface area (Å²) >= 11 is 0. The van der Waals surface area contributed by atoms with Crippen molar-refractivity contribution in [3.05, 3.63) is 35.4 Å². The third kappa shape index (κ3) is 3.76. The Bertz CT molecular complexity index is 436. The second kappa shape index (κ2) is 7.14. The third-order valence-electron chi connectivity index (χ3n) is 4.14. The molecule has 2 rings (SSSR count). The lowest BCUT2D eigenvalue weighted by atomic mass is 9.85. The van der Waals surface area contributed by atoms with E-state index in [4.69, 9.17) is 4.74 Å². The van der Waals surface area contributed by atoms with Crippen molar-refractivity contribution in [3.63, 3.8) is 0 Å². The molecule has 0 heterocycles. The molecule has 1 N–H and O–H groups in total. The quantitative estimate of drug-likeness (QED) is 0.886. The van der Waals surface area contributed by atoms with Crippen LogP contribution in [0.15, 0.2) is 18.2 Å². The highest BCUT2D eigenvalue weighted by molar-refractivity contribution is 5.21. The topological polar surface area (TPSA) is 29.5 Å². The first-order chi connectivity index (χ1) is 9.61. The van der Waals surface area contributed by atoms with Gasteiger partial charge in [0, 0.05) is 5.56 Å². The molecule has 0 aliphatic heterocycles. The normalized spacial score (nSPS) is 24.6. The molecule has 20 heavy (non-hydrogen) atoms. The number of aliphatic hydroxyl groups is 1. The van der Waals surface area contributed by atoms with Crippen LogP contribution in [-0.2, 0) is 4.74 Å². The van der Waals surface area contributed by atoms with Crippen LogP contribution in [0.2, 0.25) is 0 Å². The second-order valence-electron chi connectivity index (χ2n) is 5.56. The molecule has 1 aromatic carbocycles. The van der Waals surface area contributed by atoms with Crippen LogP contribution < -0.4 is 0 Å². The van der Waals surface area contributed by atoms with Crippen molar-refractivity contribution >= 4 is 0 Å². The van der Waals surface area contributed by atoms with Crippen molar-refractivity contribution in [3.8, 4) is 0 Å². The molecular formula is C16H22F2O2. The Hall–Kier alpha value is -1.00. The van der Waals surface area contributed by atoms with Crippen molar-refractivity contribution in [2.45, 2.75) is 51.2 Å². The summed E-state index contributed by atoms with van der Waals surface area (Å²) in [5.41, 5.74) is -0.0344. The Morgan fingerprint density at radius 1 is 1.35 bits per heavy atom. The Morgan fingerprint density at radius 3 is 2.90 bits per heavy atom. The Balaban J connectivity index is 1.88. The van der Waals surface area contributed by atoms with E-state index in [2.05, 4.69) is 6.92 Å². The molecule has 1 saturated carbocycles. The summed E-state index contributed by atoms with van der Waals surface area (Å²) in [6.45, 7) is 2.19. The van der Waals surface area contributed by atoms with E-state index >= 15 is 0 Å². The van der Waals surface area contributed by atoms with Gasteiger partial charge in [-0.05, 0) is 24.8 Å². The predicted molar refractivity (Wildman–Crippen MR) is 73.3 cm³/mol. The monoisotopic (exact) mass is 284 g/mol. The van der Waals surface area contributed by atoms with Gasteiger partial charge in [0.2, 0.25) is 0 Å². The second-order valence-corrected chi connectivity index (χ2v) is 5.56. The highest BCUT2D eigenvalue weighted by atomic mass is 19.2. The fraction of sp³-hybridized carbons (Fsp3) is 0.625. The van der Waals surface area contributed by atoms with Crippen LogP contribution in [0.25, 0.3) is 0 Å². The number of hydrogen-bond acceptors (Lipinski definition) is 2. The molecule has 0 spiro atoms. The highest BCUT2D eigenvalue weighted by Crippen LogP contribution is 2.29. The van der Waals surface area contributed by atoms with E-state index in [9.17, 15) is 13.9 Å². The van der Waals surface area contributed by atoms with E-state index < -0.39 is 17.7 Å². The molecule has 2 nitrogen and oxygen atoms in total. The van der Waals surface area contributed by atoms with Crippen molar-refractivity contribution in [1.82, 2.24) is 0 Å². The smallest absolute Gasteiger partial charge is 0.164 e. The molecule has 3 unspecified atom stereocenters. The largest absolute Gasteiger partial charge is 0.386 e. The van der Waals surface area contributed by atoms with Crippen molar-refractivity contribution in [2.75, 3.05) is 6.61 Å². The summed E-state index contributed by atoms with van der Waals surface area (Å²) in [5, 5.41) is 9.95. The van der Waals surface area contributed by atoms with E-state index in [1.165, 1.54) is 18.6 Å². The molecule has 112 valence electrons. The first kappa shape index (κ1) is 15.4. The SMILES string of the molecule is CCC1CCCC(OCC(O)c2cccc(F)c2F)C1. The van der Waals surface area contributed by atoms with E-state index in [1.54, 1.807) is 0 Å². The van der Waals surface area contributed by atoms with Gasteiger partial charge in [-0.1, -0.05) is 38.3 Å². The molecule has 1 aliphatic carbocycles. The van der Waals surface area contributed by atoms with E-state index in [-0.39, 0.29) is 18.3 Å². The molecule has 0 amide bonds. The summed E-state index contributed by atoms with van der Waals surface area (Å²) in [4.78, 5) is 0. The number of hydrogen-bond donors (Lipinski definition) is 1. The van der Waals surface area contributed by atoms with Gasteiger partial charge in [0.15, 0.2) is 11.6 Å². The summed E-state index contributed by atoms with van der Waals surface area (Å²) in [6, 6.07) is 3.83. The first-order valence-corrected chi connectivity index (χ1v) is 7.35. The van der Waals surface area contributed by atoms with Crippen molar-refractivity contribution < 1.29 is 18.6 Å². The number of rotatable bonds is 5. The molecule has 0 bridgehead atoms. The zero-order valence-corrected chi connectivity index (χ0v) is 11.8. The van der Waals surface area contributed by atoms with Crippen LogP contribution >= 0.6 is 0 Å². The Morgan fingerprint density at radius 2 is 2.15 bits per heavy atom. The molecule has 1 aromatic rings. The zero-order valence-electron chi connectivity index (χ0n) is 11.8. The van der Waals surface area contributed by atoms with E-state index in [1.807, 2.05) is 0 Å². The maximum absolute atomic E-state index is 13.5. The highest BCUT2D eigenvalue weighted by Gasteiger charge is 2.23. The molecule has 4 heteroatoms. The molecular weight excluding hydrogens is 262 g/mol. The van der Waals surface area contributed by atoms with Crippen LogP contribution in [0.1, 0.15) is 50.7 Å². The average Bonchev–Trinajstić information content (AvgIpc) is 2.48. The maximum atomic E-state index is 13.5. The number of ether oxygens (including phenoxy) is 1. The zero-order chi connectivity index (χ0) is 14.5. The Labute approximate surface area is 118 Å². The summed E-state index contributed by atoms with van der Waals surface area (Å²) in [7, 11) is 0. The van der Waals surface area contributed by atoms with Gasteiger partial charge < -0.3 is 9.84 Å². The van der Waals surface area contributed by atoms with Crippen LogP contribution in [-0.4, -0.2) is 17.8 Å². The minimum atomic E-state index is -1.12. The fourth-order valence-corrected chi connectivity index (χ4v) is 2.86.